The fourth-order valence-electron chi connectivity index (χ4n) is 1.96. The van der Waals surface area contributed by atoms with Crippen molar-refractivity contribution in [2.24, 2.45) is 0 Å². The number of likely N-dealkylation sites (tertiary alicyclic amines) is 1. The first-order chi connectivity index (χ1) is 9.56. The van der Waals surface area contributed by atoms with E-state index in [0.717, 1.165) is 27.6 Å². The molecule has 1 atom stereocenters. The summed E-state index contributed by atoms with van der Waals surface area (Å²) in [7, 11) is 0. The molecule has 2 rings (SSSR count). The molecule has 3 nitrogen and oxygen atoms in total. The van der Waals surface area contributed by atoms with Gasteiger partial charge in [-0.3, -0.25) is 4.79 Å². The molecule has 0 radical (unpaired) electrons. The fraction of sp³-hybridized carbons (Fsp3) is 0.429. The quantitative estimate of drug-likeness (QED) is 0.815. The Bertz CT molecular complexity index is 486. The van der Waals surface area contributed by atoms with Crippen LogP contribution in [0.3, 0.4) is 0 Å². The van der Waals surface area contributed by atoms with Crippen LogP contribution in [0, 0.1) is 0 Å². The van der Waals surface area contributed by atoms with Gasteiger partial charge in [-0.25, -0.2) is 0 Å². The summed E-state index contributed by atoms with van der Waals surface area (Å²) in [6.07, 6.45) is 2.39. The number of carbonyl (C=O) groups excluding carboxylic acids is 1. The number of halogens is 1. The second kappa shape index (κ2) is 7.43. The zero-order chi connectivity index (χ0) is 14.5. The number of thiocarbonyl (C=S) groups is 1. The molecule has 1 fully saturated rings. The molecule has 0 bridgehead atoms. The number of thioether (sulfide) groups is 1. The summed E-state index contributed by atoms with van der Waals surface area (Å²) in [5, 5.41) is 2.72. The fourth-order valence-corrected chi connectivity index (χ4v) is 3.64. The SMILES string of the molecule is CC(SC(=S)N1CCCC1)C(=O)Nc1ccc(Br)cc1. The minimum atomic E-state index is -0.188. The molecule has 0 saturated carbocycles. The smallest absolute Gasteiger partial charge is 0.237 e. The van der Waals surface area contributed by atoms with Crippen molar-refractivity contribution >= 4 is 55.8 Å². The van der Waals surface area contributed by atoms with Crippen LogP contribution in [0.25, 0.3) is 0 Å². The van der Waals surface area contributed by atoms with Crippen LogP contribution in [0.2, 0.25) is 0 Å². The lowest BCUT2D eigenvalue weighted by Gasteiger charge is -2.20. The van der Waals surface area contributed by atoms with Crippen molar-refractivity contribution in [1.82, 2.24) is 4.90 Å². The molecule has 1 aliphatic rings. The van der Waals surface area contributed by atoms with E-state index in [1.807, 2.05) is 31.2 Å². The van der Waals surface area contributed by atoms with Crippen LogP contribution in [-0.4, -0.2) is 33.5 Å². The van der Waals surface area contributed by atoms with Crippen molar-refractivity contribution in [2.75, 3.05) is 18.4 Å². The lowest BCUT2D eigenvalue weighted by molar-refractivity contribution is -0.115. The summed E-state index contributed by atoms with van der Waals surface area (Å²) in [6, 6.07) is 7.56. The molecule has 1 aromatic rings. The number of amides is 1. The number of anilines is 1. The van der Waals surface area contributed by atoms with E-state index in [1.54, 1.807) is 0 Å². The summed E-state index contributed by atoms with van der Waals surface area (Å²) >= 11 is 10.2. The third-order valence-electron chi connectivity index (χ3n) is 3.12. The molecule has 20 heavy (non-hydrogen) atoms. The van der Waals surface area contributed by atoms with Crippen LogP contribution in [-0.2, 0) is 4.79 Å². The average molecular weight is 373 g/mol. The molecular weight excluding hydrogens is 356 g/mol. The van der Waals surface area contributed by atoms with Gasteiger partial charge in [-0.1, -0.05) is 39.9 Å². The van der Waals surface area contributed by atoms with Gasteiger partial charge in [-0.2, -0.15) is 0 Å². The highest BCUT2D eigenvalue weighted by Crippen LogP contribution is 2.22. The Morgan fingerprint density at radius 1 is 1.35 bits per heavy atom. The van der Waals surface area contributed by atoms with E-state index < -0.39 is 0 Å². The number of rotatable bonds is 3. The van der Waals surface area contributed by atoms with Crippen molar-refractivity contribution in [1.29, 1.82) is 0 Å². The number of hydrogen-bond acceptors (Lipinski definition) is 3. The van der Waals surface area contributed by atoms with Gasteiger partial charge in [0.05, 0.1) is 5.25 Å². The zero-order valence-electron chi connectivity index (χ0n) is 11.3. The Morgan fingerprint density at radius 3 is 2.55 bits per heavy atom. The van der Waals surface area contributed by atoms with E-state index in [9.17, 15) is 4.79 Å². The summed E-state index contributed by atoms with van der Waals surface area (Å²) in [4.78, 5) is 14.3. The summed E-state index contributed by atoms with van der Waals surface area (Å²) in [6.45, 7) is 3.93. The molecule has 0 aromatic heterocycles. The minimum Gasteiger partial charge on any atom is -0.358 e. The highest BCUT2D eigenvalue weighted by atomic mass is 79.9. The number of benzene rings is 1. The highest BCUT2D eigenvalue weighted by molar-refractivity contribution is 9.10. The minimum absolute atomic E-state index is 0.0149. The van der Waals surface area contributed by atoms with Crippen LogP contribution in [0.4, 0.5) is 5.69 Å². The standard InChI is InChI=1S/C14H17BrN2OS2/c1-10(20-14(19)17-8-2-3-9-17)13(18)16-12-6-4-11(15)5-7-12/h4-7,10H,2-3,8-9H2,1H3,(H,16,18). The normalized spacial score (nSPS) is 16.0. The molecule has 1 aliphatic heterocycles. The third-order valence-corrected chi connectivity index (χ3v) is 5.23. The zero-order valence-corrected chi connectivity index (χ0v) is 14.5. The third kappa shape index (κ3) is 4.46. The van der Waals surface area contributed by atoms with Crippen molar-refractivity contribution < 1.29 is 4.79 Å². The lowest BCUT2D eigenvalue weighted by Crippen LogP contribution is -2.29. The molecule has 0 aliphatic carbocycles. The van der Waals surface area contributed by atoms with Gasteiger partial charge < -0.3 is 10.2 Å². The Kier molecular flexibility index (Phi) is 5.86. The van der Waals surface area contributed by atoms with Crippen LogP contribution in [0.15, 0.2) is 28.7 Å². The molecule has 1 heterocycles. The van der Waals surface area contributed by atoms with Crippen molar-refractivity contribution in [3.63, 3.8) is 0 Å². The van der Waals surface area contributed by atoms with E-state index in [0.29, 0.717) is 0 Å². The van der Waals surface area contributed by atoms with Gasteiger partial charge >= 0.3 is 0 Å². The topological polar surface area (TPSA) is 32.3 Å². The van der Waals surface area contributed by atoms with Gasteiger partial charge in [0.1, 0.15) is 4.32 Å². The molecule has 1 aromatic carbocycles. The molecule has 0 spiro atoms. The number of nitrogens with one attached hydrogen (secondary N) is 1. The predicted molar refractivity (Wildman–Crippen MR) is 93.2 cm³/mol. The van der Waals surface area contributed by atoms with E-state index in [4.69, 9.17) is 12.2 Å². The molecule has 1 amide bonds. The van der Waals surface area contributed by atoms with Crippen LogP contribution >= 0.6 is 39.9 Å². The number of hydrogen-bond donors (Lipinski definition) is 1. The van der Waals surface area contributed by atoms with Gasteiger partial charge in [0.25, 0.3) is 0 Å². The van der Waals surface area contributed by atoms with Gasteiger partial charge in [0.15, 0.2) is 0 Å². The Labute approximate surface area is 137 Å². The predicted octanol–water partition coefficient (Wildman–Crippen LogP) is 3.89. The Balaban J connectivity index is 1.85. The second-order valence-electron chi connectivity index (χ2n) is 4.72. The molecule has 1 N–H and O–H groups in total. The van der Waals surface area contributed by atoms with Crippen molar-refractivity contribution in [3.05, 3.63) is 28.7 Å². The molecule has 1 unspecified atom stereocenters. The van der Waals surface area contributed by atoms with Gasteiger partial charge in [-0.15, -0.1) is 0 Å². The molecule has 1 saturated heterocycles. The van der Waals surface area contributed by atoms with E-state index >= 15 is 0 Å². The number of carbonyl (C=O) groups is 1. The van der Waals surface area contributed by atoms with Gasteiger partial charge in [-0.05, 0) is 44.0 Å². The van der Waals surface area contributed by atoms with E-state index in [2.05, 4.69) is 26.1 Å². The monoisotopic (exact) mass is 372 g/mol. The first kappa shape index (κ1) is 15.8. The molecule has 6 heteroatoms. The average Bonchev–Trinajstić information content (AvgIpc) is 2.95. The van der Waals surface area contributed by atoms with Crippen molar-refractivity contribution in [3.8, 4) is 0 Å². The maximum atomic E-state index is 12.1. The largest absolute Gasteiger partial charge is 0.358 e. The van der Waals surface area contributed by atoms with E-state index in [-0.39, 0.29) is 11.2 Å². The summed E-state index contributed by atoms with van der Waals surface area (Å²) in [5.41, 5.74) is 0.803. The maximum absolute atomic E-state index is 12.1. The lowest BCUT2D eigenvalue weighted by atomic mass is 10.3. The summed E-state index contributed by atoms with van der Waals surface area (Å²) < 4.78 is 1.83. The van der Waals surface area contributed by atoms with Crippen molar-refractivity contribution in [2.45, 2.75) is 25.0 Å². The second-order valence-corrected chi connectivity index (χ2v) is 7.61. The Morgan fingerprint density at radius 2 is 1.95 bits per heavy atom. The van der Waals surface area contributed by atoms with Crippen LogP contribution in [0.1, 0.15) is 19.8 Å². The van der Waals surface area contributed by atoms with Crippen LogP contribution in [0.5, 0.6) is 0 Å². The first-order valence-electron chi connectivity index (χ1n) is 6.58. The molecule has 108 valence electrons. The van der Waals surface area contributed by atoms with E-state index in [1.165, 1.54) is 24.6 Å². The van der Waals surface area contributed by atoms with Gasteiger partial charge in [0, 0.05) is 23.2 Å². The Hall–Kier alpha value is -0.590. The molecular formula is C14H17BrN2OS2. The van der Waals surface area contributed by atoms with Crippen LogP contribution < -0.4 is 5.32 Å². The first-order valence-corrected chi connectivity index (χ1v) is 8.66. The maximum Gasteiger partial charge on any atom is 0.237 e. The highest BCUT2D eigenvalue weighted by Gasteiger charge is 2.21. The summed E-state index contributed by atoms with van der Waals surface area (Å²) in [5.74, 6) is -0.0149. The van der Waals surface area contributed by atoms with Gasteiger partial charge in [0.2, 0.25) is 5.91 Å². The number of nitrogens with zero attached hydrogens (tertiary/aromatic N) is 1.